The Morgan fingerprint density at radius 1 is 1.35 bits per heavy atom. The maximum Gasteiger partial charge on any atom is 0.289 e. The van der Waals surface area contributed by atoms with Crippen molar-refractivity contribution in [3.05, 3.63) is 23.2 Å². The number of rotatable bonds is 2. The molecule has 4 heteroatoms. The smallest absolute Gasteiger partial charge is 0.289 e. The Morgan fingerprint density at radius 2 is 2.00 bits per heavy atom. The summed E-state index contributed by atoms with van der Waals surface area (Å²) < 4.78 is 5.71. The average Bonchev–Trinajstić information content (AvgIpc) is 3.00. The molecule has 0 bridgehead atoms. The van der Waals surface area contributed by atoms with Crippen LogP contribution in [0.3, 0.4) is 0 Å². The van der Waals surface area contributed by atoms with Gasteiger partial charge in [-0.15, -0.1) is 0 Å². The first-order chi connectivity index (χ1) is 9.69. The van der Waals surface area contributed by atoms with E-state index >= 15 is 0 Å². The Hall–Kier alpha value is -1.29. The number of aryl methyl sites for hydroxylation is 2. The molecule has 110 valence electrons. The van der Waals surface area contributed by atoms with Crippen LogP contribution in [-0.4, -0.2) is 37.0 Å². The summed E-state index contributed by atoms with van der Waals surface area (Å²) in [5.41, 5.74) is 1.09. The molecule has 2 aliphatic rings. The fourth-order valence-corrected chi connectivity index (χ4v) is 3.55. The zero-order valence-corrected chi connectivity index (χ0v) is 12.4. The molecule has 1 amide bonds. The van der Waals surface area contributed by atoms with Crippen LogP contribution in [0.5, 0.6) is 0 Å². The highest BCUT2D eigenvalue weighted by Gasteiger charge is 2.32. The number of amides is 1. The van der Waals surface area contributed by atoms with Crippen LogP contribution in [0.25, 0.3) is 0 Å². The van der Waals surface area contributed by atoms with Gasteiger partial charge in [0, 0.05) is 19.5 Å². The lowest BCUT2D eigenvalue weighted by Gasteiger charge is -2.19. The molecule has 2 fully saturated rings. The third-order valence-electron chi connectivity index (χ3n) is 4.86. The van der Waals surface area contributed by atoms with Crippen LogP contribution in [-0.2, 0) is 6.42 Å². The molecule has 1 N–H and O–H groups in total. The van der Waals surface area contributed by atoms with Crippen molar-refractivity contribution in [3.8, 4) is 0 Å². The molecule has 0 spiro atoms. The zero-order chi connectivity index (χ0) is 14.1. The van der Waals surface area contributed by atoms with E-state index in [1.54, 1.807) is 0 Å². The van der Waals surface area contributed by atoms with E-state index in [0.717, 1.165) is 68.6 Å². The highest BCUT2D eigenvalue weighted by molar-refractivity contribution is 5.91. The number of carbonyl (C=O) groups is 1. The second-order valence-corrected chi connectivity index (χ2v) is 6.12. The molecule has 4 nitrogen and oxygen atoms in total. The third kappa shape index (κ3) is 2.49. The summed E-state index contributed by atoms with van der Waals surface area (Å²) in [6, 6.07) is 1.90. The van der Waals surface area contributed by atoms with Crippen molar-refractivity contribution in [2.45, 2.75) is 33.1 Å². The second-order valence-electron chi connectivity index (χ2n) is 6.12. The zero-order valence-electron chi connectivity index (χ0n) is 12.4. The molecule has 0 unspecified atom stereocenters. The van der Waals surface area contributed by atoms with Crippen molar-refractivity contribution in [1.29, 1.82) is 0 Å². The minimum absolute atomic E-state index is 0.0701. The summed E-state index contributed by atoms with van der Waals surface area (Å²) in [7, 11) is 0. The van der Waals surface area contributed by atoms with Gasteiger partial charge in [0.2, 0.25) is 0 Å². The summed E-state index contributed by atoms with van der Waals surface area (Å²) >= 11 is 0. The molecular weight excluding hydrogens is 252 g/mol. The second kappa shape index (κ2) is 5.60. The Morgan fingerprint density at radius 3 is 2.55 bits per heavy atom. The molecule has 0 aliphatic carbocycles. The van der Waals surface area contributed by atoms with Gasteiger partial charge >= 0.3 is 0 Å². The number of fused-ring (bicyclic) bond motifs is 1. The average molecular weight is 276 g/mol. The molecule has 2 saturated heterocycles. The predicted octanol–water partition coefficient (Wildman–Crippen LogP) is 2.22. The van der Waals surface area contributed by atoms with Crippen molar-refractivity contribution >= 4 is 5.91 Å². The Labute approximate surface area is 120 Å². The van der Waals surface area contributed by atoms with Crippen LogP contribution < -0.4 is 5.32 Å². The van der Waals surface area contributed by atoms with E-state index in [1.807, 2.05) is 17.9 Å². The first kappa shape index (κ1) is 13.7. The SMILES string of the molecule is CCc1oc(C(=O)N2CC[C@@H]3CNC[C@@H]3CC2)cc1C. The van der Waals surface area contributed by atoms with Crippen LogP contribution in [0.2, 0.25) is 0 Å². The fourth-order valence-electron chi connectivity index (χ4n) is 3.55. The summed E-state index contributed by atoms with van der Waals surface area (Å²) in [4.78, 5) is 14.6. The van der Waals surface area contributed by atoms with E-state index < -0.39 is 0 Å². The molecule has 3 rings (SSSR count). The maximum atomic E-state index is 12.6. The molecule has 1 aromatic rings. The summed E-state index contributed by atoms with van der Waals surface area (Å²) in [5, 5.41) is 3.46. The van der Waals surface area contributed by atoms with Crippen LogP contribution >= 0.6 is 0 Å². The molecular formula is C16H24N2O2. The van der Waals surface area contributed by atoms with Gasteiger partial charge in [0.15, 0.2) is 5.76 Å². The van der Waals surface area contributed by atoms with Gasteiger partial charge in [0.1, 0.15) is 5.76 Å². The van der Waals surface area contributed by atoms with Gasteiger partial charge in [-0.3, -0.25) is 4.79 Å². The van der Waals surface area contributed by atoms with Crippen LogP contribution in [0.1, 0.15) is 41.6 Å². The highest BCUT2D eigenvalue weighted by Crippen LogP contribution is 2.28. The minimum Gasteiger partial charge on any atom is -0.456 e. The number of carbonyl (C=O) groups excluding carboxylic acids is 1. The number of hydrogen-bond acceptors (Lipinski definition) is 3. The molecule has 1 aromatic heterocycles. The quantitative estimate of drug-likeness (QED) is 0.901. The largest absolute Gasteiger partial charge is 0.456 e. The molecule has 2 atom stereocenters. The number of likely N-dealkylation sites (tertiary alicyclic amines) is 1. The predicted molar refractivity (Wildman–Crippen MR) is 77.8 cm³/mol. The summed E-state index contributed by atoms with van der Waals surface area (Å²) in [6.07, 6.45) is 3.07. The number of hydrogen-bond donors (Lipinski definition) is 1. The lowest BCUT2D eigenvalue weighted by molar-refractivity contribution is 0.0724. The Balaban J connectivity index is 1.70. The molecule has 3 heterocycles. The fraction of sp³-hybridized carbons (Fsp3) is 0.688. The molecule has 20 heavy (non-hydrogen) atoms. The lowest BCUT2D eigenvalue weighted by Crippen LogP contribution is -2.32. The van der Waals surface area contributed by atoms with E-state index in [-0.39, 0.29) is 5.91 Å². The molecule has 0 saturated carbocycles. The van der Waals surface area contributed by atoms with E-state index in [0.29, 0.717) is 5.76 Å². The van der Waals surface area contributed by atoms with Gasteiger partial charge < -0.3 is 14.6 Å². The van der Waals surface area contributed by atoms with Gasteiger partial charge in [-0.05, 0) is 56.3 Å². The normalized spacial score (nSPS) is 26.4. The van der Waals surface area contributed by atoms with Gasteiger partial charge in [-0.1, -0.05) is 6.92 Å². The molecule has 0 radical (unpaired) electrons. The summed E-state index contributed by atoms with van der Waals surface area (Å²) in [5.74, 6) is 3.02. The first-order valence-corrected chi connectivity index (χ1v) is 7.78. The van der Waals surface area contributed by atoms with Crippen LogP contribution in [0, 0.1) is 18.8 Å². The van der Waals surface area contributed by atoms with Gasteiger partial charge in [-0.25, -0.2) is 0 Å². The molecule has 0 aromatic carbocycles. The minimum atomic E-state index is 0.0701. The first-order valence-electron chi connectivity index (χ1n) is 7.78. The van der Waals surface area contributed by atoms with E-state index in [1.165, 1.54) is 0 Å². The van der Waals surface area contributed by atoms with Crippen molar-refractivity contribution in [1.82, 2.24) is 10.2 Å². The maximum absolute atomic E-state index is 12.6. The van der Waals surface area contributed by atoms with Gasteiger partial charge in [0.05, 0.1) is 0 Å². The highest BCUT2D eigenvalue weighted by atomic mass is 16.4. The topological polar surface area (TPSA) is 45.5 Å². The number of furan rings is 1. The van der Waals surface area contributed by atoms with E-state index in [4.69, 9.17) is 4.42 Å². The lowest BCUT2D eigenvalue weighted by atomic mass is 9.92. The van der Waals surface area contributed by atoms with Crippen LogP contribution in [0.15, 0.2) is 10.5 Å². The van der Waals surface area contributed by atoms with Gasteiger partial charge in [-0.2, -0.15) is 0 Å². The van der Waals surface area contributed by atoms with Crippen molar-refractivity contribution in [2.24, 2.45) is 11.8 Å². The van der Waals surface area contributed by atoms with Gasteiger partial charge in [0.25, 0.3) is 5.91 Å². The Kier molecular flexibility index (Phi) is 3.83. The molecule has 2 aliphatic heterocycles. The summed E-state index contributed by atoms with van der Waals surface area (Å²) in [6.45, 7) is 8.03. The standard InChI is InChI=1S/C16H24N2O2/c1-3-14-11(2)8-15(20-14)16(19)18-6-4-12-9-17-10-13(12)5-7-18/h8,12-13,17H,3-7,9-10H2,1-2H3/t12-,13+. The van der Waals surface area contributed by atoms with Crippen LogP contribution in [0.4, 0.5) is 0 Å². The monoisotopic (exact) mass is 276 g/mol. The van der Waals surface area contributed by atoms with E-state index in [2.05, 4.69) is 12.2 Å². The number of nitrogens with one attached hydrogen (secondary N) is 1. The van der Waals surface area contributed by atoms with E-state index in [9.17, 15) is 4.79 Å². The van der Waals surface area contributed by atoms with Crippen molar-refractivity contribution < 1.29 is 9.21 Å². The van der Waals surface area contributed by atoms with Crippen molar-refractivity contribution in [3.63, 3.8) is 0 Å². The third-order valence-corrected chi connectivity index (χ3v) is 4.86. The number of nitrogens with zero attached hydrogens (tertiary/aromatic N) is 1. The van der Waals surface area contributed by atoms with Crippen molar-refractivity contribution in [2.75, 3.05) is 26.2 Å². The Bertz CT molecular complexity index is 481.